The van der Waals surface area contributed by atoms with Crippen molar-refractivity contribution >= 4 is 17.6 Å². The van der Waals surface area contributed by atoms with Gasteiger partial charge in [0.2, 0.25) is 0 Å². The number of ether oxygens (including phenoxy) is 2. The number of carboxylic acids is 1. The zero-order chi connectivity index (χ0) is 15.4. The van der Waals surface area contributed by atoms with E-state index in [9.17, 15) is 9.18 Å². The summed E-state index contributed by atoms with van der Waals surface area (Å²) in [6.07, 6.45) is 0. The molecule has 0 saturated heterocycles. The molecule has 0 aliphatic heterocycles. The summed E-state index contributed by atoms with van der Waals surface area (Å²) in [5, 5.41) is 9.05. The number of halogens is 2. The zero-order valence-electron chi connectivity index (χ0n) is 11.1. The number of methoxy groups -OCH3 is 1. The van der Waals surface area contributed by atoms with Crippen LogP contribution in [0.15, 0.2) is 36.4 Å². The molecule has 2 aromatic rings. The van der Waals surface area contributed by atoms with Gasteiger partial charge >= 0.3 is 5.97 Å². The average Bonchev–Trinajstić information content (AvgIpc) is 2.46. The highest BCUT2D eigenvalue weighted by Crippen LogP contribution is 2.37. The molecule has 0 saturated carbocycles. The van der Waals surface area contributed by atoms with Gasteiger partial charge in [0.25, 0.3) is 0 Å². The first-order valence-corrected chi connectivity index (χ1v) is 6.37. The van der Waals surface area contributed by atoms with Gasteiger partial charge in [-0.15, -0.1) is 0 Å². The Morgan fingerprint density at radius 2 is 2.05 bits per heavy atom. The van der Waals surface area contributed by atoms with Crippen LogP contribution in [-0.4, -0.2) is 18.2 Å². The van der Waals surface area contributed by atoms with E-state index in [1.807, 2.05) is 0 Å². The molecule has 0 aliphatic carbocycles. The lowest BCUT2D eigenvalue weighted by Crippen LogP contribution is -2.03. The van der Waals surface area contributed by atoms with E-state index >= 15 is 0 Å². The number of benzene rings is 2. The molecule has 0 heterocycles. The van der Waals surface area contributed by atoms with Crippen molar-refractivity contribution in [2.75, 3.05) is 7.11 Å². The first kappa shape index (κ1) is 15.1. The summed E-state index contributed by atoms with van der Waals surface area (Å²) >= 11 is 6.00. The monoisotopic (exact) mass is 310 g/mol. The van der Waals surface area contributed by atoms with Crippen LogP contribution in [0.25, 0.3) is 0 Å². The Hall–Kier alpha value is -2.27. The van der Waals surface area contributed by atoms with Gasteiger partial charge in [-0.3, -0.25) is 0 Å². The molecule has 0 aromatic heterocycles. The van der Waals surface area contributed by atoms with Crippen LogP contribution < -0.4 is 9.47 Å². The molecule has 6 heteroatoms. The molecule has 0 aliphatic rings. The summed E-state index contributed by atoms with van der Waals surface area (Å²) in [7, 11) is 1.37. The van der Waals surface area contributed by atoms with Gasteiger partial charge in [0.15, 0.2) is 11.5 Å². The highest BCUT2D eigenvalue weighted by atomic mass is 35.5. The summed E-state index contributed by atoms with van der Waals surface area (Å²) < 4.78 is 24.1. The van der Waals surface area contributed by atoms with Crippen molar-refractivity contribution < 1.29 is 23.8 Å². The quantitative estimate of drug-likeness (QED) is 0.913. The number of carboxylic acid groups (broad SMARTS) is 1. The number of aromatic carboxylic acids is 1. The van der Waals surface area contributed by atoms with Crippen LogP contribution in [0.5, 0.6) is 11.5 Å². The molecule has 21 heavy (non-hydrogen) atoms. The average molecular weight is 311 g/mol. The Bertz CT molecular complexity index is 673. The molecule has 0 bridgehead atoms. The van der Waals surface area contributed by atoms with Crippen molar-refractivity contribution in [2.24, 2.45) is 0 Å². The molecule has 0 fully saturated rings. The summed E-state index contributed by atoms with van der Waals surface area (Å²) in [5.41, 5.74) is 0.341. The summed E-state index contributed by atoms with van der Waals surface area (Å²) in [4.78, 5) is 11.0. The SMILES string of the molecule is COc1cc(C(=O)O)cc(Cl)c1OCc1ccccc1F. The van der Waals surface area contributed by atoms with Crippen LogP contribution in [0.4, 0.5) is 4.39 Å². The van der Waals surface area contributed by atoms with Gasteiger partial charge in [0.05, 0.1) is 17.7 Å². The van der Waals surface area contributed by atoms with E-state index in [0.717, 1.165) is 0 Å². The lowest BCUT2D eigenvalue weighted by molar-refractivity contribution is 0.0696. The standard InChI is InChI=1S/C15H12ClFO4/c1-20-13-7-10(15(18)19)6-11(16)14(13)21-8-9-4-2-3-5-12(9)17/h2-7H,8H2,1H3,(H,18,19). The van der Waals surface area contributed by atoms with Crippen molar-refractivity contribution in [3.63, 3.8) is 0 Å². The van der Waals surface area contributed by atoms with Crippen LogP contribution >= 0.6 is 11.6 Å². The van der Waals surface area contributed by atoms with Gasteiger partial charge < -0.3 is 14.6 Å². The minimum Gasteiger partial charge on any atom is -0.493 e. The maximum atomic E-state index is 13.5. The van der Waals surface area contributed by atoms with Gasteiger partial charge in [0, 0.05) is 5.56 Å². The zero-order valence-corrected chi connectivity index (χ0v) is 11.9. The van der Waals surface area contributed by atoms with Crippen molar-refractivity contribution in [3.05, 3.63) is 58.4 Å². The molecule has 0 spiro atoms. The van der Waals surface area contributed by atoms with Crippen molar-refractivity contribution in [1.29, 1.82) is 0 Å². The van der Waals surface area contributed by atoms with Crippen LogP contribution in [-0.2, 0) is 6.61 Å². The summed E-state index contributed by atoms with van der Waals surface area (Å²) in [6, 6.07) is 8.72. The Morgan fingerprint density at radius 1 is 1.33 bits per heavy atom. The Labute approximate surface area is 125 Å². The van der Waals surface area contributed by atoms with Crippen LogP contribution in [0.2, 0.25) is 5.02 Å². The second kappa shape index (κ2) is 6.45. The highest BCUT2D eigenvalue weighted by Gasteiger charge is 2.16. The molecule has 2 aromatic carbocycles. The van der Waals surface area contributed by atoms with Crippen molar-refractivity contribution in [2.45, 2.75) is 6.61 Å². The Balaban J connectivity index is 2.28. The summed E-state index contributed by atoms with van der Waals surface area (Å²) in [5.74, 6) is -1.17. The van der Waals surface area contributed by atoms with E-state index in [2.05, 4.69) is 0 Å². The number of hydrogen-bond donors (Lipinski definition) is 1. The maximum absolute atomic E-state index is 13.5. The van der Waals surface area contributed by atoms with E-state index in [1.54, 1.807) is 18.2 Å². The van der Waals surface area contributed by atoms with Crippen LogP contribution in [0.1, 0.15) is 15.9 Å². The number of carbonyl (C=O) groups is 1. The normalized spacial score (nSPS) is 10.2. The molecule has 0 unspecified atom stereocenters. The Morgan fingerprint density at radius 3 is 2.67 bits per heavy atom. The smallest absolute Gasteiger partial charge is 0.335 e. The number of hydrogen-bond acceptors (Lipinski definition) is 3. The minimum atomic E-state index is -1.13. The topological polar surface area (TPSA) is 55.8 Å². The molecule has 110 valence electrons. The van der Waals surface area contributed by atoms with Gasteiger partial charge in [0.1, 0.15) is 12.4 Å². The van der Waals surface area contributed by atoms with E-state index in [4.69, 9.17) is 26.2 Å². The van der Waals surface area contributed by atoms with Crippen LogP contribution in [0.3, 0.4) is 0 Å². The Kier molecular flexibility index (Phi) is 4.65. The largest absolute Gasteiger partial charge is 0.493 e. The highest BCUT2D eigenvalue weighted by molar-refractivity contribution is 6.32. The second-order valence-electron chi connectivity index (χ2n) is 4.17. The van der Waals surface area contributed by atoms with E-state index < -0.39 is 11.8 Å². The van der Waals surface area contributed by atoms with Gasteiger partial charge in [-0.25, -0.2) is 9.18 Å². The fourth-order valence-electron chi connectivity index (χ4n) is 1.75. The molecule has 1 N–H and O–H groups in total. The number of rotatable bonds is 5. The predicted octanol–water partition coefficient (Wildman–Crippen LogP) is 3.76. The van der Waals surface area contributed by atoms with E-state index in [-0.39, 0.29) is 28.7 Å². The first-order valence-electron chi connectivity index (χ1n) is 6.00. The van der Waals surface area contributed by atoms with Crippen molar-refractivity contribution in [3.8, 4) is 11.5 Å². The molecule has 0 atom stereocenters. The molecule has 4 nitrogen and oxygen atoms in total. The van der Waals surface area contributed by atoms with Gasteiger partial charge in [-0.05, 0) is 18.2 Å². The molecule has 0 amide bonds. The minimum absolute atomic E-state index is 0.0184. The maximum Gasteiger partial charge on any atom is 0.335 e. The fourth-order valence-corrected chi connectivity index (χ4v) is 2.01. The van der Waals surface area contributed by atoms with Crippen LogP contribution in [0, 0.1) is 5.82 Å². The second-order valence-corrected chi connectivity index (χ2v) is 4.58. The lowest BCUT2D eigenvalue weighted by atomic mass is 10.2. The molecule has 2 rings (SSSR count). The third-order valence-corrected chi connectivity index (χ3v) is 3.09. The molecular weight excluding hydrogens is 299 g/mol. The van der Waals surface area contributed by atoms with Gasteiger partial charge in [-0.2, -0.15) is 0 Å². The molecule has 0 radical (unpaired) electrons. The predicted molar refractivity (Wildman–Crippen MR) is 75.7 cm³/mol. The third-order valence-electron chi connectivity index (χ3n) is 2.81. The summed E-state index contributed by atoms with van der Waals surface area (Å²) in [6.45, 7) is -0.0465. The molecular formula is C15H12ClFO4. The lowest BCUT2D eigenvalue weighted by Gasteiger charge is -2.13. The van der Waals surface area contributed by atoms with Crippen molar-refractivity contribution in [1.82, 2.24) is 0 Å². The van der Waals surface area contributed by atoms with Gasteiger partial charge in [-0.1, -0.05) is 29.8 Å². The first-order chi connectivity index (χ1) is 10.0. The van der Waals surface area contributed by atoms with E-state index in [1.165, 1.54) is 25.3 Å². The third kappa shape index (κ3) is 3.44. The van der Waals surface area contributed by atoms with E-state index in [0.29, 0.717) is 5.56 Å². The fraction of sp³-hybridized carbons (Fsp3) is 0.133.